The van der Waals surface area contributed by atoms with E-state index in [1.807, 2.05) is 18.2 Å². The van der Waals surface area contributed by atoms with E-state index in [4.69, 9.17) is 14.5 Å². The molecule has 32 heavy (non-hydrogen) atoms. The average Bonchev–Trinajstić information content (AvgIpc) is 3.42. The number of hydrogen-bond acceptors (Lipinski definition) is 7. The highest BCUT2D eigenvalue weighted by Crippen LogP contribution is 2.35. The lowest BCUT2D eigenvalue weighted by atomic mass is 9.97. The number of rotatable bonds is 7. The Hall–Kier alpha value is -2.78. The van der Waals surface area contributed by atoms with Crippen molar-refractivity contribution in [2.45, 2.75) is 43.9 Å². The number of thioether (sulfide) groups is 1. The lowest BCUT2D eigenvalue weighted by molar-refractivity contribution is -0.118. The van der Waals surface area contributed by atoms with Gasteiger partial charge in [-0.3, -0.25) is 14.2 Å². The summed E-state index contributed by atoms with van der Waals surface area (Å²) in [6.07, 6.45) is 5.92. The Kier molecular flexibility index (Phi) is 5.93. The molecule has 2 aromatic heterocycles. The van der Waals surface area contributed by atoms with Crippen molar-refractivity contribution in [3.05, 3.63) is 57.2 Å². The fourth-order valence-electron chi connectivity index (χ4n) is 4.05. The van der Waals surface area contributed by atoms with Crippen LogP contribution in [0.25, 0.3) is 10.2 Å². The maximum Gasteiger partial charge on any atom is 0.263 e. The van der Waals surface area contributed by atoms with Gasteiger partial charge in [0.2, 0.25) is 12.7 Å². The maximum atomic E-state index is 13.3. The number of carbonyl (C=O) groups excluding carboxylic acids is 1. The summed E-state index contributed by atoms with van der Waals surface area (Å²) in [7, 11) is 0. The minimum absolute atomic E-state index is 0.0300. The first kappa shape index (κ1) is 21.1. The van der Waals surface area contributed by atoms with E-state index in [-0.39, 0.29) is 24.0 Å². The molecule has 0 unspecified atom stereocenters. The standard InChI is InChI=1S/C23H23N3O4S2/c1-2-9-26-22(28)20-15-5-3-4-6-18(15)32-21(20)25-23(26)31-12-19(27)24-11-14-7-8-16-17(10-14)30-13-29-16/h2,7-8,10H,1,3-6,9,11-13H2,(H,24,27). The highest BCUT2D eigenvalue weighted by atomic mass is 32.2. The van der Waals surface area contributed by atoms with Gasteiger partial charge in [-0.15, -0.1) is 17.9 Å². The summed E-state index contributed by atoms with van der Waals surface area (Å²) in [5, 5.41) is 4.22. The number of benzene rings is 1. The van der Waals surface area contributed by atoms with Gasteiger partial charge in [-0.05, 0) is 48.9 Å². The molecule has 0 radical (unpaired) electrons. The van der Waals surface area contributed by atoms with Crippen LogP contribution in [0.3, 0.4) is 0 Å². The Morgan fingerprint density at radius 1 is 1.28 bits per heavy atom. The van der Waals surface area contributed by atoms with Gasteiger partial charge >= 0.3 is 0 Å². The van der Waals surface area contributed by atoms with Crippen molar-refractivity contribution < 1.29 is 14.3 Å². The fraction of sp³-hybridized carbons (Fsp3) is 0.348. The molecule has 5 rings (SSSR count). The third-order valence-electron chi connectivity index (χ3n) is 5.61. The number of carbonyl (C=O) groups is 1. The van der Waals surface area contributed by atoms with Gasteiger partial charge in [-0.25, -0.2) is 4.98 Å². The minimum atomic E-state index is -0.127. The van der Waals surface area contributed by atoms with Crippen molar-refractivity contribution in [1.29, 1.82) is 0 Å². The van der Waals surface area contributed by atoms with Gasteiger partial charge < -0.3 is 14.8 Å². The van der Waals surface area contributed by atoms with E-state index >= 15 is 0 Å². The largest absolute Gasteiger partial charge is 0.454 e. The fourth-order valence-corrected chi connectivity index (χ4v) is 6.19. The van der Waals surface area contributed by atoms with Crippen LogP contribution in [0.4, 0.5) is 0 Å². The molecule has 1 amide bonds. The monoisotopic (exact) mass is 469 g/mol. The smallest absolute Gasteiger partial charge is 0.263 e. The Balaban J connectivity index is 1.31. The lowest BCUT2D eigenvalue weighted by Crippen LogP contribution is -2.26. The molecule has 0 bridgehead atoms. The molecule has 1 aliphatic carbocycles. The second-order valence-electron chi connectivity index (χ2n) is 7.74. The zero-order valence-corrected chi connectivity index (χ0v) is 19.2. The molecule has 1 aromatic carbocycles. The van der Waals surface area contributed by atoms with Crippen LogP contribution in [0.15, 0.2) is 40.8 Å². The van der Waals surface area contributed by atoms with Gasteiger partial charge in [0.15, 0.2) is 16.7 Å². The van der Waals surface area contributed by atoms with Crippen LogP contribution in [0, 0.1) is 0 Å². The molecule has 3 aromatic rings. The summed E-state index contributed by atoms with van der Waals surface area (Å²) in [5.41, 5.74) is 2.07. The quantitative estimate of drug-likeness (QED) is 0.323. The molecule has 7 nitrogen and oxygen atoms in total. The van der Waals surface area contributed by atoms with E-state index in [0.29, 0.717) is 29.7 Å². The van der Waals surface area contributed by atoms with Crippen molar-refractivity contribution in [2.24, 2.45) is 0 Å². The second-order valence-corrected chi connectivity index (χ2v) is 9.77. The highest BCUT2D eigenvalue weighted by Gasteiger charge is 2.22. The van der Waals surface area contributed by atoms with E-state index in [0.717, 1.165) is 41.5 Å². The number of amides is 1. The van der Waals surface area contributed by atoms with Gasteiger partial charge in [0.1, 0.15) is 4.83 Å². The predicted octanol–water partition coefficient (Wildman–Crippen LogP) is 3.66. The van der Waals surface area contributed by atoms with Crippen molar-refractivity contribution in [3.63, 3.8) is 0 Å². The van der Waals surface area contributed by atoms with Crippen molar-refractivity contribution in [3.8, 4) is 11.5 Å². The SMILES string of the molecule is C=CCn1c(SCC(=O)NCc2ccc3c(c2)OCO3)nc2sc3c(c2c1=O)CCCC3. The summed E-state index contributed by atoms with van der Waals surface area (Å²) in [4.78, 5) is 32.6. The number of nitrogens with zero attached hydrogens (tertiary/aromatic N) is 2. The summed E-state index contributed by atoms with van der Waals surface area (Å²) < 4.78 is 12.3. The van der Waals surface area contributed by atoms with Crippen LogP contribution in [-0.4, -0.2) is 28.0 Å². The Bertz CT molecular complexity index is 1260. The number of thiophene rings is 1. The van der Waals surface area contributed by atoms with Gasteiger partial charge in [0, 0.05) is 18.0 Å². The summed E-state index contributed by atoms with van der Waals surface area (Å²) >= 11 is 2.90. The molecule has 1 N–H and O–H groups in total. The molecule has 0 atom stereocenters. The molecule has 2 aliphatic rings. The molecule has 9 heteroatoms. The van der Waals surface area contributed by atoms with Crippen LogP contribution >= 0.6 is 23.1 Å². The zero-order valence-electron chi connectivity index (χ0n) is 17.5. The minimum Gasteiger partial charge on any atom is -0.454 e. The summed E-state index contributed by atoms with van der Waals surface area (Å²) in [6.45, 7) is 4.76. The maximum absolute atomic E-state index is 13.3. The van der Waals surface area contributed by atoms with Crippen molar-refractivity contribution in [1.82, 2.24) is 14.9 Å². The molecular formula is C23H23N3O4S2. The summed E-state index contributed by atoms with van der Waals surface area (Å²) in [5.74, 6) is 1.45. The number of aryl methyl sites for hydroxylation is 2. The van der Waals surface area contributed by atoms with E-state index < -0.39 is 0 Å². The van der Waals surface area contributed by atoms with Crippen LogP contribution in [0.1, 0.15) is 28.8 Å². The van der Waals surface area contributed by atoms with Crippen LogP contribution < -0.4 is 20.3 Å². The van der Waals surface area contributed by atoms with Crippen molar-refractivity contribution >= 4 is 39.2 Å². The molecule has 0 spiro atoms. The van der Waals surface area contributed by atoms with Gasteiger partial charge in [-0.1, -0.05) is 23.9 Å². The summed E-state index contributed by atoms with van der Waals surface area (Å²) in [6, 6.07) is 5.61. The van der Waals surface area contributed by atoms with E-state index in [9.17, 15) is 9.59 Å². The van der Waals surface area contributed by atoms with E-state index in [2.05, 4.69) is 11.9 Å². The number of ether oxygens (including phenoxy) is 2. The molecule has 0 saturated heterocycles. The number of aromatic nitrogens is 2. The normalized spacial score (nSPS) is 14.4. The Morgan fingerprint density at radius 3 is 3.00 bits per heavy atom. The number of nitrogens with one attached hydrogen (secondary N) is 1. The number of fused-ring (bicyclic) bond motifs is 4. The Morgan fingerprint density at radius 2 is 2.12 bits per heavy atom. The first-order chi connectivity index (χ1) is 15.6. The zero-order chi connectivity index (χ0) is 22.1. The highest BCUT2D eigenvalue weighted by molar-refractivity contribution is 7.99. The first-order valence-corrected chi connectivity index (χ1v) is 12.4. The van der Waals surface area contributed by atoms with Crippen LogP contribution in [0.2, 0.25) is 0 Å². The van der Waals surface area contributed by atoms with E-state index in [1.165, 1.54) is 22.2 Å². The van der Waals surface area contributed by atoms with Gasteiger partial charge in [0.05, 0.1) is 11.1 Å². The predicted molar refractivity (Wildman–Crippen MR) is 126 cm³/mol. The molecule has 166 valence electrons. The van der Waals surface area contributed by atoms with Crippen LogP contribution in [0.5, 0.6) is 11.5 Å². The topological polar surface area (TPSA) is 82.5 Å². The Labute approximate surface area is 193 Å². The number of hydrogen-bond donors (Lipinski definition) is 1. The first-order valence-electron chi connectivity index (χ1n) is 10.6. The van der Waals surface area contributed by atoms with E-state index in [1.54, 1.807) is 22.0 Å². The van der Waals surface area contributed by atoms with Gasteiger partial charge in [-0.2, -0.15) is 0 Å². The third-order valence-corrected chi connectivity index (χ3v) is 7.77. The van der Waals surface area contributed by atoms with Crippen LogP contribution in [-0.2, 0) is 30.7 Å². The second kappa shape index (κ2) is 8.99. The van der Waals surface area contributed by atoms with Crippen molar-refractivity contribution in [2.75, 3.05) is 12.5 Å². The third kappa shape index (κ3) is 4.02. The molecule has 3 heterocycles. The average molecular weight is 470 g/mol. The van der Waals surface area contributed by atoms with Gasteiger partial charge in [0.25, 0.3) is 5.56 Å². The molecule has 1 aliphatic heterocycles. The molecular weight excluding hydrogens is 446 g/mol. The lowest BCUT2D eigenvalue weighted by Gasteiger charge is -2.12. The number of allylic oxidation sites excluding steroid dienone is 1. The molecule has 0 saturated carbocycles. The molecule has 0 fully saturated rings.